The normalized spacial score (nSPS) is 18.6. The number of halogens is 1. The molecule has 1 atom stereocenters. The Labute approximate surface area is 113 Å². The van der Waals surface area contributed by atoms with Crippen LogP contribution in [0.15, 0.2) is 12.1 Å². The van der Waals surface area contributed by atoms with E-state index in [0.717, 1.165) is 19.4 Å². The van der Waals surface area contributed by atoms with E-state index in [9.17, 15) is 4.39 Å². The van der Waals surface area contributed by atoms with Gasteiger partial charge in [0.1, 0.15) is 11.6 Å². The fraction of sp³-hybridized carbons (Fsp3) is 0.571. The van der Waals surface area contributed by atoms with E-state index in [1.807, 2.05) is 11.8 Å². The van der Waals surface area contributed by atoms with Crippen LogP contribution in [0.1, 0.15) is 19.8 Å². The molecule has 0 spiro atoms. The SMILES string of the molecule is CCN(CC1CCCO1)c1cc(OC)c(N)cc1F. The molecule has 4 nitrogen and oxygen atoms in total. The Morgan fingerprint density at radius 2 is 2.32 bits per heavy atom. The van der Waals surface area contributed by atoms with Gasteiger partial charge in [-0.15, -0.1) is 0 Å². The van der Waals surface area contributed by atoms with Crippen LogP contribution < -0.4 is 15.4 Å². The lowest BCUT2D eigenvalue weighted by Crippen LogP contribution is -2.32. The maximum atomic E-state index is 14.1. The van der Waals surface area contributed by atoms with Gasteiger partial charge in [0.15, 0.2) is 0 Å². The van der Waals surface area contributed by atoms with Gasteiger partial charge in [-0.2, -0.15) is 0 Å². The molecule has 1 saturated heterocycles. The summed E-state index contributed by atoms with van der Waals surface area (Å²) in [7, 11) is 1.53. The molecular formula is C14H21FN2O2. The minimum absolute atomic E-state index is 0.183. The molecule has 0 radical (unpaired) electrons. The van der Waals surface area contributed by atoms with E-state index in [0.29, 0.717) is 30.2 Å². The van der Waals surface area contributed by atoms with Crippen LogP contribution in [0, 0.1) is 5.82 Å². The Morgan fingerprint density at radius 3 is 2.89 bits per heavy atom. The third-order valence-corrected chi connectivity index (χ3v) is 3.47. The molecule has 0 aromatic heterocycles. The highest BCUT2D eigenvalue weighted by atomic mass is 19.1. The molecule has 1 aliphatic rings. The first-order chi connectivity index (χ1) is 9.15. The van der Waals surface area contributed by atoms with Crippen molar-refractivity contribution in [1.82, 2.24) is 0 Å². The zero-order valence-corrected chi connectivity index (χ0v) is 11.5. The van der Waals surface area contributed by atoms with Crippen LogP contribution in [-0.4, -0.2) is 32.9 Å². The van der Waals surface area contributed by atoms with Crippen molar-refractivity contribution >= 4 is 11.4 Å². The maximum absolute atomic E-state index is 14.1. The Kier molecular flexibility index (Phi) is 4.47. The first-order valence-corrected chi connectivity index (χ1v) is 6.65. The number of nitrogens with two attached hydrogens (primary N) is 1. The third kappa shape index (κ3) is 3.10. The van der Waals surface area contributed by atoms with Gasteiger partial charge < -0.3 is 20.1 Å². The van der Waals surface area contributed by atoms with Gasteiger partial charge >= 0.3 is 0 Å². The Bertz CT molecular complexity index is 434. The summed E-state index contributed by atoms with van der Waals surface area (Å²) < 4.78 is 24.8. The number of anilines is 2. The van der Waals surface area contributed by atoms with Crippen molar-refractivity contribution in [3.8, 4) is 5.75 Å². The molecule has 0 aliphatic carbocycles. The van der Waals surface area contributed by atoms with Crippen molar-refractivity contribution in [2.75, 3.05) is 37.4 Å². The van der Waals surface area contributed by atoms with Crippen LogP contribution in [0.25, 0.3) is 0 Å². The van der Waals surface area contributed by atoms with Gasteiger partial charge in [-0.25, -0.2) is 4.39 Å². The second kappa shape index (κ2) is 6.10. The second-order valence-corrected chi connectivity index (χ2v) is 4.72. The van der Waals surface area contributed by atoms with E-state index in [4.69, 9.17) is 15.2 Å². The summed E-state index contributed by atoms with van der Waals surface area (Å²) in [5.41, 5.74) is 6.53. The lowest BCUT2D eigenvalue weighted by Gasteiger charge is -2.27. The summed E-state index contributed by atoms with van der Waals surface area (Å²) in [6.07, 6.45) is 2.29. The third-order valence-electron chi connectivity index (χ3n) is 3.47. The number of hydrogen-bond donors (Lipinski definition) is 1. The second-order valence-electron chi connectivity index (χ2n) is 4.72. The zero-order valence-electron chi connectivity index (χ0n) is 11.5. The van der Waals surface area contributed by atoms with Crippen molar-refractivity contribution in [3.63, 3.8) is 0 Å². The number of hydrogen-bond acceptors (Lipinski definition) is 4. The fourth-order valence-corrected chi connectivity index (χ4v) is 2.41. The monoisotopic (exact) mass is 268 g/mol. The van der Waals surface area contributed by atoms with Gasteiger partial charge in [0.05, 0.1) is 24.6 Å². The predicted octanol–water partition coefficient (Wildman–Crippen LogP) is 2.42. The summed E-state index contributed by atoms with van der Waals surface area (Å²) >= 11 is 0. The molecular weight excluding hydrogens is 247 g/mol. The molecule has 2 rings (SSSR count). The van der Waals surface area contributed by atoms with Crippen molar-refractivity contribution in [2.45, 2.75) is 25.9 Å². The highest BCUT2D eigenvalue weighted by Gasteiger charge is 2.21. The predicted molar refractivity (Wildman–Crippen MR) is 74.2 cm³/mol. The van der Waals surface area contributed by atoms with Crippen LogP contribution in [0.2, 0.25) is 0 Å². The number of rotatable bonds is 5. The van der Waals surface area contributed by atoms with E-state index >= 15 is 0 Å². The van der Waals surface area contributed by atoms with E-state index in [1.54, 1.807) is 6.07 Å². The molecule has 0 saturated carbocycles. The van der Waals surface area contributed by atoms with Gasteiger partial charge in [-0.1, -0.05) is 0 Å². The van der Waals surface area contributed by atoms with Crippen LogP contribution >= 0.6 is 0 Å². The average Bonchev–Trinajstić information content (AvgIpc) is 2.89. The summed E-state index contributed by atoms with van der Waals surface area (Å²) in [5, 5.41) is 0. The number of ether oxygens (including phenoxy) is 2. The molecule has 1 aliphatic heterocycles. The van der Waals surface area contributed by atoms with Crippen LogP contribution in [0.5, 0.6) is 5.75 Å². The summed E-state index contributed by atoms with van der Waals surface area (Å²) in [5.74, 6) is 0.181. The molecule has 1 fully saturated rings. The lowest BCUT2D eigenvalue weighted by molar-refractivity contribution is 0.115. The molecule has 1 heterocycles. The van der Waals surface area contributed by atoms with E-state index in [-0.39, 0.29) is 11.9 Å². The van der Waals surface area contributed by atoms with Crippen LogP contribution in [0.4, 0.5) is 15.8 Å². The largest absolute Gasteiger partial charge is 0.495 e. The summed E-state index contributed by atoms with van der Waals surface area (Å²) in [6, 6.07) is 2.97. The highest BCUT2D eigenvalue weighted by Crippen LogP contribution is 2.31. The number of nitrogen functional groups attached to an aromatic ring is 1. The van der Waals surface area contributed by atoms with Crippen LogP contribution in [-0.2, 0) is 4.74 Å². The summed E-state index contributed by atoms with van der Waals surface area (Å²) in [4.78, 5) is 1.97. The molecule has 1 aromatic carbocycles. The number of nitrogens with zero attached hydrogens (tertiary/aromatic N) is 1. The highest BCUT2D eigenvalue weighted by molar-refractivity contribution is 5.63. The van der Waals surface area contributed by atoms with Gasteiger partial charge in [0.2, 0.25) is 0 Å². The van der Waals surface area contributed by atoms with Gasteiger partial charge in [-0.05, 0) is 19.8 Å². The van der Waals surface area contributed by atoms with Crippen LogP contribution in [0.3, 0.4) is 0 Å². The minimum atomic E-state index is -0.321. The Balaban J connectivity index is 2.21. The standard InChI is InChI=1S/C14H21FN2O2/c1-3-17(9-10-5-4-6-19-10)13-8-14(18-2)12(16)7-11(13)15/h7-8,10H,3-6,9,16H2,1-2H3. The van der Waals surface area contributed by atoms with Gasteiger partial charge in [0.25, 0.3) is 0 Å². The lowest BCUT2D eigenvalue weighted by atomic mass is 10.2. The minimum Gasteiger partial charge on any atom is -0.495 e. The molecule has 5 heteroatoms. The Morgan fingerprint density at radius 1 is 1.53 bits per heavy atom. The summed E-state index contributed by atoms with van der Waals surface area (Å²) in [6.45, 7) is 4.21. The van der Waals surface area contributed by atoms with Crippen molar-refractivity contribution in [2.24, 2.45) is 0 Å². The van der Waals surface area contributed by atoms with Crippen molar-refractivity contribution in [3.05, 3.63) is 17.9 Å². The van der Waals surface area contributed by atoms with E-state index in [1.165, 1.54) is 13.2 Å². The fourth-order valence-electron chi connectivity index (χ4n) is 2.41. The number of benzene rings is 1. The smallest absolute Gasteiger partial charge is 0.148 e. The quantitative estimate of drug-likeness (QED) is 0.833. The zero-order chi connectivity index (χ0) is 13.8. The van der Waals surface area contributed by atoms with Gasteiger partial charge in [-0.3, -0.25) is 0 Å². The molecule has 19 heavy (non-hydrogen) atoms. The average molecular weight is 268 g/mol. The van der Waals surface area contributed by atoms with Gasteiger partial charge in [0, 0.05) is 31.8 Å². The number of methoxy groups -OCH3 is 1. The van der Waals surface area contributed by atoms with E-state index < -0.39 is 0 Å². The molecule has 1 unspecified atom stereocenters. The molecule has 2 N–H and O–H groups in total. The molecule has 1 aromatic rings. The van der Waals surface area contributed by atoms with Crippen molar-refractivity contribution in [1.29, 1.82) is 0 Å². The van der Waals surface area contributed by atoms with Crippen molar-refractivity contribution < 1.29 is 13.9 Å². The van der Waals surface area contributed by atoms with E-state index in [2.05, 4.69) is 0 Å². The first-order valence-electron chi connectivity index (χ1n) is 6.65. The first kappa shape index (κ1) is 13.9. The topological polar surface area (TPSA) is 47.7 Å². The molecule has 0 amide bonds. The maximum Gasteiger partial charge on any atom is 0.148 e. The molecule has 0 bridgehead atoms. The Hall–Kier alpha value is -1.49. The molecule has 106 valence electrons. The number of likely N-dealkylation sites (N-methyl/N-ethyl adjacent to an activating group) is 1.